The van der Waals surface area contributed by atoms with Crippen LogP contribution in [0, 0.1) is 0 Å². The van der Waals surface area contributed by atoms with E-state index in [0.717, 1.165) is 19.5 Å². The van der Waals surface area contributed by atoms with Crippen LogP contribution in [0.15, 0.2) is 67.0 Å². The third-order valence-corrected chi connectivity index (χ3v) is 8.20. The van der Waals surface area contributed by atoms with E-state index in [1.807, 2.05) is 43.4 Å². The van der Waals surface area contributed by atoms with Crippen molar-refractivity contribution in [1.29, 1.82) is 0 Å². The summed E-state index contributed by atoms with van der Waals surface area (Å²) in [5, 5.41) is 44.7. The summed E-state index contributed by atoms with van der Waals surface area (Å²) >= 11 is 0. The van der Waals surface area contributed by atoms with Crippen LogP contribution in [0.25, 0.3) is 11.2 Å². The number of aromatic nitrogens is 4. The van der Waals surface area contributed by atoms with E-state index in [1.165, 1.54) is 11.1 Å². The van der Waals surface area contributed by atoms with Gasteiger partial charge in [-0.2, -0.15) is 23.1 Å². The molecule has 6 rings (SSSR count). The molecule has 0 saturated carbocycles. The molecule has 2 saturated heterocycles. The Balaban J connectivity index is 0.000000559. The van der Waals surface area contributed by atoms with Gasteiger partial charge in [0.05, 0.1) is 12.9 Å². The number of rotatable bonds is 9. The SMILES string of the molecule is CN[C@@H]1CCN(c2nc(NCC(c3ccccc3)c3ccccc3)c3ncn([C@@H]4O[C@H](CO)[C@@H](O)[C@H]4O)c3n2)C1.O=C(O)C(F)(F)F. The number of fused-ring (bicyclic) bond motifs is 1. The van der Waals surface area contributed by atoms with E-state index >= 15 is 0 Å². The molecule has 2 aliphatic rings. The number of carbonyl (C=O) groups is 1. The summed E-state index contributed by atoms with van der Waals surface area (Å²) in [6, 6.07) is 21.0. The van der Waals surface area contributed by atoms with Crippen molar-refractivity contribution in [2.45, 2.75) is 49.1 Å². The number of imidazole rings is 1. The molecule has 252 valence electrons. The molecule has 0 bridgehead atoms. The maximum atomic E-state index is 10.7. The minimum Gasteiger partial charge on any atom is -0.475 e. The van der Waals surface area contributed by atoms with Crippen molar-refractivity contribution in [3.63, 3.8) is 0 Å². The fourth-order valence-electron chi connectivity index (χ4n) is 5.64. The number of nitrogens with zero attached hydrogens (tertiary/aromatic N) is 5. The van der Waals surface area contributed by atoms with Gasteiger partial charge in [-0.3, -0.25) is 4.57 Å². The highest BCUT2D eigenvalue weighted by molar-refractivity contribution is 5.84. The van der Waals surface area contributed by atoms with Crippen LogP contribution in [-0.2, 0) is 9.53 Å². The number of carboxylic acid groups (broad SMARTS) is 1. The number of aliphatic hydroxyl groups is 3. The Morgan fingerprint density at radius 2 is 1.66 bits per heavy atom. The summed E-state index contributed by atoms with van der Waals surface area (Å²) in [6.07, 6.45) is -6.88. The average Bonchev–Trinajstić information content (AvgIpc) is 3.80. The number of anilines is 2. The second-order valence-corrected chi connectivity index (χ2v) is 11.2. The van der Waals surface area contributed by atoms with E-state index in [2.05, 4.69) is 44.8 Å². The zero-order valence-corrected chi connectivity index (χ0v) is 25.3. The third-order valence-electron chi connectivity index (χ3n) is 8.20. The van der Waals surface area contributed by atoms with Gasteiger partial charge in [-0.15, -0.1) is 0 Å². The molecule has 0 spiro atoms. The van der Waals surface area contributed by atoms with Crippen molar-refractivity contribution in [3.05, 3.63) is 78.1 Å². The first-order valence-electron chi connectivity index (χ1n) is 14.9. The van der Waals surface area contributed by atoms with Gasteiger partial charge in [0.25, 0.3) is 0 Å². The first-order valence-corrected chi connectivity index (χ1v) is 14.9. The molecule has 47 heavy (non-hydrogen) atoms. The Hall–Kier alpha value is -4.35. The molecule has 0 unspecified atom stereocenters. The van der Waals surface area contributed by atoms with Gasteiger partial charge in [-0.25, -0.2) is 9.78 Å². The predicted molar refractivity (Wildman–Crippen MR) is 165 cm³/mol. The molecule has 0 radical (unpaired) electrons. The lowest BCUT2D eigenvalue weighted by Crippen LogP contribution is -2.33. The van der Waals surface area contributed by atoms with Crippen LogP contribution in [0.1, 0.15) is 29.7 Å². The number of benzene rings is 2. The highest BCUT2D eigenvalue weighted by Crippen LogP contribution is 2.34. The van der Waals surface area contributed by atoms with Crippen LogP contribution < -0.4 is 15.5 Å². The summed E-state index contributed by atoms with van der Waals surface area (Å²) in [6.45, 7) is 1.72. The number of alkyl halides is 3. The zero-order chi connectivity index (χ0) is 33.7. The standard InChI is InChI=1S/C29H35N7O4.C2HF3O2/c1-30-20-12-13-35(15-20)29-33-26(31-14-21(18-8-4-2-5-9-18)19-10-6-3-7-11-19)23-27(34-29)36(17-32-23)28-25(39)24(38)22(16-37)40-28;3-2(4,5)1(6)7/h2-11,17,20-22,24-25,28,30,37-39H,12-16H2,1H3,(H,31,33,34);(H,6,7)/t20-,22-,24-,25-,28-;/m1./s1. The maximum absolute atomic E-state index is 10.7. The van der Waals surface area contributed by atoms with Crippen molar-refractivity contribution in [2.24, 2.45) is 0 Å². The lowest BCUT2D eigenvalue weighted by Gasteiger charge is -2.22. The number of ether oxygens (including phenoxy) is 1. The quantitative estimate of drug-likeness (QED) is 0.155. The Kier molecular flexibility index (Phi) is 10.6. The summed E-state index contributed by atoms with van der Waals surface area (Å²) < 4.78 is 39.2. The van der Waals surface area contributed by atoms with Gasteiger partial charge in [-0.05, 0) is 24.6 Å². The molecule has 0 aliphatic carbocycles. The van der Waals surface area contributed by atoms with E-state index < -0.39 is 43.3 Å². The van der Waals surface area contributed by atoms with Gasteiger partial charge in [-0.1, -0.05) is 60.7 Å². The molecule has 16 heteroatoms. The molecule has 2 fully saturated rings. The first kappa shape index (κ1) is 34.0. The van der Waals surface area contributed by atoms with E-state index in [-0.39, 0.29) is 5.92 Å². The minimum absolute atomic E-state index is 0.0684. The van der Waals surface area contributed by atoms with Crippen LogP contribution >= 0.6 is 0 Å². The van der Waals surface area contributed by atoms with Gasteiger partial charge in [0, 0.05) is 31.6 Å². The third kappa shape index (κ3) is 7.63. The summed E-state index contributed by atoms with van der Waals surface area (Å²) in [7, 11) is 1.95. The summed E-state index contributed by atoms with van der Waals surface area (Å²) in [5.41, 5.74) is 3.37. The molecular weight excluding hydrogens is 623 g/mol. The molecule has 2 aromatic carbocycles. The zero-order valence-electron chi connectivity index (χ0n) is 25.3. The van der Waals surface area contributed by atoms with Crippen LogP contribution in [0.2, 0.25) is 0 Å². The second kappa shape index (κ2) is 14.6. The lowest BCUT2D eigenvalue weighted by atomic mass is 9.91. The molecule has 2 aromatic heterocycles. The van der Waals surface area contributed by atoms with Crippen molar-refractivity contribution in [3.8, 4) is 0 Å². The lowest BCUT2D eigenvalue weighted by molar-refractivity contribution is -0.192. The fourth-order valence-corrected chi connectivity index (χ4v) is 5.64. The number of hydrogen-bond donors (Lipinski definition) is 6. The van der Waals surface area contributed by atoms with Gasteiger partial charge < -0.3 is 40.7 Å². The molecule has 4 aromatic rings. The Labute approximate surface area is 267 Å². The molecule has 6 N–H and O–H groups in total. The number of aliphatic hydroxyl groups excluding tert-OH is 3. The van der Waals surface area contributed by atoms with Crippen molar-refractivity contribution in [1.82, 2.24) is 24.8 Å². The van der Waals surface area contributed by atoms with Crippen LogP contribution in [-0.4, -0.2) is 110 Å². The minimum atomic E-state index is -5.08. The van der Waals surface area contributed by atoms with Gasteiger partial charge >= 0.3 is 12.1 Å². The van der Waals surface area contributed by atoms with Gasteiger partial charge in [0.15, 0.2) is 23.2 Å². The Bertz CT molecular complexity index is 1590. The number of halogens is 3. The van der Waals surface area contributed by atoms with Gasteiger partial charge in [0.1, 0.15) is 18.3 Å². The Morgan fingerprint density at radius 1 is 1.04 bits per heavy atom. The smallest absolute Gasteiger partial charge is 0.475 e. The molecule has 0 amide bonds. The van der Waals surface area contributed by atoms with E-state index in [4.69, 9.17) is 24.6 Å². The molecular formula is C31H36F3N7O6. The van der Waals surface area contributed by atoms with E-state index in [1.54, 1.807) is 10.9 Å². The number of hydrogen-bond acceptors (Lipinski definition) is 11. The highest BCUT2D eigenvalue weighted by Gasteiger charge is 2.44. The van der Waals surface area contributed by atoms with Crippen molar-refractivity contribution < 1.29 is 43.1 Å². The van der Waals surface area contributed by atoms with Crippen LogP contribution in [0.3, 0.4) is 0 Å². The normalized spacial score (nSPS) is 22.8. The first-order chi connectivity index (χ1) is 22.5. The van der Waals surface area contributed by atoms with Crippen LogP contribution in [0.4, 0.5) is 24.9 Å². The fraction of sp³-hybridized carbons (Fsp3) is 0.419. The molecule has 13 nitrogen and oxygen atoms in total. The monoisotopic (exact) mass is 659 g/mol. The number of carboxylic acids is 1. The van der Waals surface area contributed by atoms with Crippen LogP contribution in [0.5, 0.6) is 0 Å². The highest BCUT2D eigenvalue weighted by atomic mass is 19.4. The van der Waals surface area contributed by atoms with E-state index in [0.29, 0.717) is 35.5 Å². The maximum Gasteiger partial charge on any atom is 0.490 e. The predicted octanol–water partition coefficient (Wildman–Crippen LogP) is 2.11. The summed E-state index contributed by atoms with van der Waals surface area (Å²) in [5.74, 6) is -1.56. The number of likely N-dealkylation sites (N-methyl/N-ethyl adjacent to an activating group) is 1. The largest absolute Gasteiger partial charge is 0.490 e. The number of nitrogens with one attached hydrogen (secondary N) is 2. The van der Waals surface area contributed by atoms with Crippen molar-refractivity contribution in [2.75, 3.05) is 43.5 Å². The van der Waals surface area contributed by atoms with Crippen molar-refractivity contribution >= 4 is 28.9 Å². The average molecular weight is 660 g/mol. The second-order valence-electron chi connectivity index (χ2n) is 11.2. The number of aliphatic carboxylic acids is 1. The molecule has 2 aliphatic heterocycles. The topological polar surface area (TPSA) is 178 Å². The Morgan fingerprint density at radius 3 is 2.17 bits per heavy atom. The summed E-state index contributed by atoms with van der Waals surface area (Å²) in [4.78, 5) is 25.4. The van der Waals surface area contributed by atoms with Gasteiger partial charge in [0.2, 0.25) is 5.95 Å². The molecule has 5 atom stereocenters. The van der Waals surface area contributed by atoms with E-state index in [9.17, 15) is 28.5 Å². The molecule has 4 heterocycles.